The van der Waals surface area contributed by atoms with Crippen molar-refractivity contribution in [1.82, 2.24) is 10.6 Å². The first-order chi connectivity index (χ1) is 7.26. The van der Waals surface area contributed by atoms with Crippen molar-refractivity contribution in [3.8, 4) is 0 Å². The van der Waals surface area contributed by atoms with Gasteiger partial charge in [0.25, 0.3) is 0 Å². The molecule has 2 N–H and O–H groups in total. The molecule has 16 heavy (non-hydrogen) atoms. The molecule has 0 aromatic heterocycles. The predicted octanol–water partition coefficient (Wildman–Crippen LogP) is 1.71. The molecule has 0 unspecified atom stereocenters. The monoisotopic (exact) mass is 246 g/mol. The Hall–Kier alpha value is -0.280. The highest BCUT2D eigenvalue weighted by molar-refractivity contribution is 5.85. The van der Waals surface area contributed by atoms with Crippen LogP contribution in [-0.2, 0) is 4.79 Å². The number of carbonyl (C=O) groups is 1. The van der Waals surface area contributed by atoms with Gasteiger partial charge in [0.15, 0.2) is 0 Å². The summed E-state index contributed by atoms with van der Waals surface area (Å²) in [7, 11) is 0. The van der Waals surface area contributed by atoms with Crippen LogP contribution < -0.4 is 10.6 Å². The summed E-state index contributed by atoms with van der Waals surface area (Å²) in [5, 5.41) is 6.37. The standard InChI is InChI=1S/C12H22N2O.ClH/c1-2-12(5-3-6-12)9-14-11(15)10-4-7-13-8-10;/h10,13H,2-9H2,1H3,(H,14,15);1H/t10-;/m1./s1. The summed E-state index contributed by atoms with van der Waals surface area (Å²) >= 11 is 0. The van der Waals surface area contributed by atoms with Gasteiger partial charge in [0.1, 0.15) is 0 Å². The van der Waals surface area contributed by atoms with Crippen LogP contribution in [0.5, 0.6) is 0 Å². The molecule has 1 saturated carbocycles. The van der Waals surface area contributed by atoms with E-state index < -0.39 is 0 Å². The lowest BCUT2D eigenvalue weighted by molar-refractivity contribution is -0.125. The second-order valence-electron chi connectivity index (χ2n) is 5.11. The first-order valence-corrected chi connectivity index (χ1v) is 6.24. The van der Waals surface area contributed by atoms with Gasteiger partial charge >= 0.3 is 0 Å². The Kier molecular flexibility index (Phi) is 5.06. The Morgan fingerprint density at radius 1 is 1.50 bits per heavy atom. The van der Waals surface area contributed by atoms with Crippen molar-refractivity contribution in [1.29, 1.82) is 0 Å². The van der Waals surface area contributed by atoms with Gasteiger partial charge < -0.3 is 10.6 Å². The molecule has 94 valence electrons. The van der Waals surface area contributed by atoms with E-state index in [2.05, 4.69) is 17.6 Å². The van der Waals surface area contributed by atoms with E-state index in [1.165, 1.54) is 25.7 Å². The Morgan fingerprint density at radius 2 is 2.25 bits per heavy atom. The van der Waals surface area contributed by atoms with E-state index in [-0.39, 0.29) is 24.2 Å². The first kappa shape index (κ1) is 13.8. The third-order valence-corrected chi connectivity index (χ3v) is 4.23. The minimum atomic E-state index is 0. The van der Waals surface area contributed by atoms with E-state index in [1.807, 2.05) is 0 Å². The van der Waals surface area contributed by atoms with Crippen molar-refractivity contribution < 1.29 is 4.79 Å². The molecule has 1 heterocycles. The Balaban J connectivity index is 0.00000128. The number of carbonyl (C=O) groups excluding carboxylic acids is 1. The van der Waals surface area contributed by atoms with E-state index in [0.29, 0.717) is 5.41 Å². The van der Waals surface area contributed by atoms with Crippen molar-refractivity contribution in [3.05, 3.63) is 0 Å². The van der Waals surface area contributed by atoms with Crippen LogP contribution >= 0.6 is 12.4 Å². The average Bonchev–Trinajstić information content (AvgIpc) is 2.69. The van der Waals surface area contributed by atoms with E-state index in [1.54, 1.807) is 0 Å². The van der Waals surface area contributed by atoms with Gasteiger partial charge in [-0.3, -0.25) is 4.79 Å². The Morgan fingerprint density at radius 3 is 2.69 bits per heavy atom. The summed E-state index contributed by atoms with van der Waals surface area (Å²) in [4.78, 5) is 11.8. The highest BCUT2D eigenvalue weighted by atomic mass is 35.5. The minimum Gasteiger partial charge on any atom is -0.355 e. The zero-order valence-corrected chi connectivity index (χ0v) is 10.9. The van der Waals surface area contributed by atoms with Crippen molar-refractivity contribution in [2.45, 2.75) is 39.0 Å². The quantitative estimate of drug-likeness (QED) is 0.793. The molecule has 0 aromatic rings. The summed E-state index contributed by atoms with van der Waals surface area (Å²) in [6.07, 6.45) is 6.15. The zero-order chi connectivity index (χ0) is 10.7. The lowest BCUT2D eigenvalue weighted by Gasteiger charge is -2.41. The Labute approximate surface area is 104 Å². The van der Waals surface area contributed by atoms with E-state index in [9.17, 15) is 4.79 Å². The first-order valence-electron chi connectivity index (χ1n) is 6.24. The fourth-order valence-electron chi connectivity index (χ4n) is 2.63. The van der Waals surface area contributed by atoms with Gasteiger partial charge in [-0.25, -0.2) is 0 Å². The molecule has 1 aliphatic heterocycles. The molecule has 3 nitrogen and oxygen atoms in total. The van der Waals surface area contributed by atoms with Gasteiger partial charge in [0.2, 0.25) is 5.91 Å². The third-order valence-electron chi connectivity index (χ3n) is 4.23. The molecule has 1 amide bonds. The molecule has 1 aliphatic carbocycles. The smallest absolute Gasteiger partial charge is 0.224 e. The number of rotatable bonds is 4. The summed E-state index contributed by atoms with van der Waals surface area (Å²) < 4.78 is 0. The van der Waals surface area contributed by atoms with Crippen LogP contribution in [0, 0.1) is 11.3 Å². The van der Waals surface area contributed by atoms with Crippen LogP contribution in [0.3, 0.4) is 0 Å². The van der Waals surface area contributed by atoms with Crippen molar-refractivity contribution in [2.24, 2.45) is 11.3 Å². The maximum atomic E-state index is 11.8. The summed E-state index contributed by atoms with van der Waals surface area (Å²) in [5.41, 5.74) is 0.446. The largest absolute Gasteiger partial charge is 0.355 e. The molecule has 1 saturated heterocycles. The summed E-state index contributed by atoms with van der Waals surface area (Å²) in [6, 6.07) is 0. The minimum absolute atomic E-state index is 0. The normalized spacial score (nSPS) is 26.7. The molecule has 0 aromatic carbocycles. The average molecular weight is 247 g/mol. The van der Waals surface area contributed by atoms with Crippen molar-refractivity contribution in [2.75, 3.05) is 19.6 Å². The lowest BCUT2D eigenvalue weighted by Crippen LogP contribution is -2.43. The van der Waals surface area contributed by atoms with E-state index >= 15 is 0 Å². The molecule has 2 fully saturated rings. The van der Waals surface area contributed by atoms with Crippen LogP contribution in [0.4, 0.5) is 0 Å². The number of nitrogens with one attached hydrogen (secondary N) is 2. The number of hydrogen-bond acceptors (Lipinski definition) is 2. The van der Waals surface area contributed by atoms with Gasteiger partial charge in [0, 0.05) is 13.1 Å². The van der Waals surface area contributed by atoms with Gasteiger partial charge in [-0.05, 0) is 37.6 Å². The SMILES string of the molecule is CCC1(CNC(=O)[C@@H]2CCNC2)CCC1.Cl. The van der Waals surface area contributed by atoms with Gasteiger partial charge in [-0.1, -0.05) is 13.3 Å². The third kappa shape index (κ3) is 2.89. The van der Waals surface area contributed by atoms with Gasteiger partial charge in [0.05, 0.1) is 5.92 Å². The second-order valence-corrected chi connectivity index (χ2v) is 5.11. The van der Waals surface area contributed by atoms with Crippen molar-refractivity contribution >= 4 is 18.3 Å². The molecular weight excluding hydrogens is 224 g/mol. The van der Waals surface area contributed by atoms with E-state index in [4.69, 9.17) is 0 Å². The molecule has 2 rings (SSSR count). The maximum absolute atomic E-state index is 11.8. The molecule has 2 aliphatic rings. The highest BCUT2D eigenvalue weighted by Gasteiger charge is 2.35. The van der Waals surface area contributed by atoms with Gasteiger partial charge in [-0.2, -0.15) is 0 Å². The summed E-state index contributed by atoms with van der Waals surface area (Å²) in [6.45, 7) is 5.00. The highest BCUT2D eigenvalue weighted by Crippen LogP contribution is 2.43. The van der Waals surface area contributed by atoms with E-state index in [0.717, 1.165) is 26.1 Å². The van der Waals surface area contributed by atoms with Gasteiger partial charge in [-0.15, -0.1) is 12.4 Å². The van der Waals surface area contributed by atoms with Crippen molar-refractivity contribution in [3.63, 3.8) is 0 Å². The number of halogens is 1. The molecule has 4 heteroatoms. The number of hydrogen-bond donors (Lipinski definition) is 2. The number of amides is 1. The second kappa shape index (κ2) is 5.87. The summed E-state index contributed by atoms with van der Waals surface area (Å²) in [5.74, 6) is 0.485. The molecular formula is C12H23ClN2O. The maximum Gasteiger partial charge on any atom is 0.224 e. The molecule has 1 atom stereocenters. The topological polar surface area (TPSA) is 41.1 Å². The lowest BCUT2D eigenvalue weighted by atomic mass is 9.67. The molecule has 0 bridgehead atoms. The van der Waals surface area contributed by atoms with Crippen LogP contribution in [0.1, 0.15) is 39.0 Å². The fourth-order valence-corrected chi connectivity index (χ4v) is 2.63. The van der Waals surface area contributed by atoms with Crippen LogP contribution in [0.15, 0.2) is 0 Å². The Bertz CT molecular complexity index is 230. The van der Waals surface area contributed by atoms with Crippen LogP contribution in [0.25, 0.3) is 0 Å². The predicted molar refractivity (Wildman–Crippen MR) is 67.8 cm³/mol. The zero-order valence-electron chi connectivity index (χ0n) is 10.1. The molecule has 0 radical (unpaired) electrons. The molecule has 0 spiro atoms. The van der Waals surface area contributed by atoms with Crippen LogP contribution in [-0.4, -0.2) is 25.5 Å². The fraction of sp³-hybridized carbons (Fsp3) is 0.917. The van der Waals surface area contributed by atoms with Crippen LogP contribution in [0.2, 0.25) is 0 Å².